The predicted octanol–water partition coefficient (Wildman–Crippen LogP) is 2.93. The van der Waals surface area contributed by atoms with Gasteiger partial charge in [0.15, 0.2) is 0 Å². The standard InChI is InChI=1S/C12H18F3N3/c1-8-9(7-17-18-8)6-16-11-5-3-2-4-10(11)12(13,14)15/h7,10-11,16H,2-6H2,1H3,(H,17,18)/t10-,11+/m1/s1. The van der Waals surface area contributed by atoms with E-state index >= 15 is 0 Å². The van der Waals surface area contributed by atoms with Crippen LogP contribution < -0.4 is 5.32 Å². The molecule has 2 N–H and O–H groups in total. The lowest BCUT2D eigenvalue weighted by Crippen LogP contribution is -2.45. The van der Waals surface area contributed by atoms with E-state index < -0.39 is 18.1 Å². The molecule has 102 valence electrons. The van der Waals surface area contributed by atoms with E-state index in [1.165, 1.54) is 0 Å². The summed E-state index contributed by atoms with van der Waals surface area (Å²) in [6.45, 7) is 2.31. The highest BCUT2D eigenvalue weighted by molar-refractivity contribution is 5.14. The zero-order valence-corrected chi connectivity index (χ0v) is 10.3. The number of aromatic amines is 1. The summed E-state index contributed by atoms with van der Waals surface area (Å²) >= 11 is 0. The molecule has 0 amide bonds. The van der Waals surface area contributed by atoms with Crippen molar-refractivity contribution >= 4 is 0 Å². The van der Waals surface area contributed by atoms with Gasteiger partial charge >= 0.3 is 6.18 Å². The summed E-state index contributed by atoms with van der Waals surface area (Å²) in [5, 5.41) is 9.69. The Morgan fingerprint density at radius 2 is 2.11 bits per heavy atom. The van der Waals surface area contributed by atoms with E-state index in [0.29, 0.717) is 19.4 Å². The Balaban J connectivity index is 1.96. The summed E-state index contributed by atoms with van der Waals surface area (Å²) in [4.78, 5) is 0. The molecule has 1 saturated carbocycles. The molecule has 3 nitrogen and oxygen atoms in total. The van der Waals surface area contributed by atoms with Crippen LogP contribution in [0.3, 0.4) is 0 Å². The highest BCUT2D eigenvalue weighted by atomic mass is 19.4. The van der Waals surface area contributed by atoms with Crippen molar-refractivity contribution in [1.82, 2.24) is 15.5 Å². The molecule has 1 aliphatic rings. The minimum atomic E-state index is -4.09. The summed E-state index contributed by atoms with van der Waals surface area (Å²) in [5.41, 5.74) is 1.84. The number of aromatic nitrogens is 2. The molecule has 0 spiro atoms. The molecule has 0 aromatic carbocycles. The van der Waals surface area contributed by atoms with E-state index in [1.54, 1.807) is 6.20 Å². The number of hydrogen-bond donors (Lipinski definition) is 2. The second kappa shape index (κ2) is 5.30. The number of aryl methyl sites for hydroxylation is 1. The summed E-state index contributed by atoms with van der Waals surface area (Å²) < 4.78 is 38.6. The minimum absolute atomic E-state index is 0.242. The number of H-pyrrole nitrogens is 1. The summed E-state index contributed by atoms with van der Waals surface area (Å²) in [7, 11) is 0. The fourth-order valence-electron chi connectivity index (χ4n) is 2.56. The number of hydrogen-bond acceptors (Lipinski definition) is 2. The van der Waals surface area contributed by atoms with Crippen LogP contribution in [0.4, 0.5) is 13.2 Å². The van der Waals surface area contributed by atoms with Crippen molar-refractivity contribution in [3.63, 3.8) is 0 Å². The average Bonchev–Trinajstić information content (AvgIpc) is 2.71. The molecule has 0 unspecified atom stereocenters. The molecule has 6 heteroatoms. The van der Waals surface area contributed by atoms with Crippen LogP contribution in [0.15, 0.2) is 6.20 Å². The van der Waals surface area contributed by atoms with Gasteiger partial charge in [-0.15, -0.1) is 0 Å². The SMILES string of the molecule is Cc1[nH]ncc1CN[C@H]1CCCC[C@H]1C(F)(F)F. The van der Waals surface area contributed by atoms with Crippen molar-refractivity contribution in [3.05, 3.63) is 17.5 Å². The maximum atomic E-state index is 12.9. The van der Waals surface area contributed by atoms with E-state index in [2.05, 4.69) is 15.5 Å². The minimum Gasteiger partial charge on any atom is -0.309 e. The van der Waals surface area contributed by atoms with E-state index in [9.17, 15) is 13.2 Å². The van der Waals surface area contributed by atoms with Gasteiger partial charge in [0.05, 0.1) is 12.1 Å². The molecule has 1 aromatic heterocycles. The Morgan fingerprint density at radius 1 is 1.39 bits per heavy atom. The fourth-order valence-corrected chi connectivity index (χ4v) is 2.56. The normalized spacial score (nSPS) is 25.3. The van der Waals surface area contributed by atoms with Crippen molar-refractivity contribution in [2.75, 3.05) is 0 Å². The van der Waals surface area contributed by atoms with Gasteiger partial charge in [-0.2, -0.15) is 18.3 Å². The molecule has 1 aromatic rings. The summed E-state index contributed by atoms with van der Waals surface area (Å²) in [5.74, 6) is -1.21. The van der Waals surface area contributed by atoms with Gasteiger partial charge in [-0.1, -0.05) is 12.8 Å². The van der Waals surface area contributed by atoms with E-state index in [1.807, 2.05) is 6.92 Å². The lowest BCUT2D eigenvalue weighted by molar-refractivity contribution is -0.189. The monoisotopic (exact) mass is 261 g/mol. The van der Waals surface area contributed by atoms with Gasteiger partial charge in [0.1, 0.15) is 0 Å². The third-order valence-electron chi connectivity index (χ3n) is 3.68. The largest absolute Gasteiger partial charge is 0.393 e. The molecule has 0 saturated heterocycles. The second-order valence-corrected chi connectivity index (χ2v) is 4.94. The fraction of sp³-hybridized carbons (Fsp3) is 0.750. The summed E-state index contributed by atoms with van der Waals surface area (Å²) in [6, 6.07) is -0.465. The Labute approximate surface area is 104 Å². The molecular weight excluding hydrogens is 243 g/mol. The molecule has 1 fully saturated rings. The first-order valence-electron chi connectivity index (χ1n) is 6.27. The maximum absolute atomic E-state index is 12.9. The third kappa shape index (κ3) is 3.04. The lowest BCUT2D eigenvalue weighted by Gasteiger charge is -2.33. The first kappa shape index (κ1) is 13.4. The summed E-state index contributed by atoms with van der Waals surface area (Å²) in [6.07, 6.45) is -0.0500. The molecule has 2 atom stereocenters. The Hall–Kier alpha value is -1.04. The van der Waals surface area contributed by atoms with Gasteiger partial charge < -0.3 is 5.32 Å². The van der Waals surface area contributed by atoms with Gasteiger partial charge in [0.2, 0.25) is 0 Å². The highest BCUT2D eigenvalue weighted by Gasteiger charge is 2.45. The number of halogens is 3. The van der Waals surface area contributed by atoms with Gasteiger partial charge in [0, 0.05) is 23.8 Å². The van der Waals surface area contributed by atoms with Gasteiger partial charge in [-0.25, -0.2) is 0 Å². The molecule has 18 heavy (non-hydrogen) atoms. The Morgan fingerprint density at radius 3 is 2.72 bits per heavy atom. The maximum Gasteiger partial charge on any atom is 0.393 e. The Bertz CT molecular complexity index is 386. The molecule has 1 heterocycles. The first-order valence-corrected chi connectivity index (χ1v) is 6.27. The van der Waals surface area contributed by atoms with Crippen LogP contribution >= 0.6 is 0 Å². The van der Waals surface area contributed by atoms with Crippen molar-refractivity contribution in [3.8, 4) is 0 Å². The number of alkyl halides is 3. The van der Waals surface area contributed by atoms with E-state index in [0.717, 1.165) is 17.7 Å². The second-order valence-electron chi connectivity index (χ2n) is 4.94. The van der Waals surface area contributed by atoms with Crippen molar-refractivity contribution in [1.29, 1.82) is 0 Å². The smallest absolute Gasteiger partial charge is 0.309 e. The highest BCUT2D eigenvalue weighted by Crippen LogP contribution is 2.37. The molecular formula is C12H18F3N3. The van der Waals surface area contributed by atoms with Crippen molar-refractivity contribution in [2.24, 2.45) is 5.92 Å². The number of nitrogens with zero attached hydrogens (tertiary/aromatic N) is 1. The predicted molar refractivity (Wildman–Crippen MR) is 62.0 cm³/mol. The van der Waals surface area contributed by atoms with Crippen LogP contribution in [0.2, 0.25) is 0 Å². The van der Waals surface area contributed by atoms with E-state index in [4.69, 9.17) is 0 Å². The third-order valence-corrected chi connectivity index (χ3v) is 3.68. The molecule has 1 aliphatic carbocycles. The van der Waals surface area contributed by atoms with Crippen LogP contribution in [0.1, 0.15) is 36.9 Å². The zero-order chi connectivity index (χ0) is 13.2. The Kier molecular flexibility index (Phi) is 3.94. The van der Waals surface area contributed by atoms with Crippen LogP contribution in [0.5, 0.6) is 0 Å². The average molecular weight is 261 g/mol. The molecule has 2 rings (SSSR count). The van der Waals surface area contributed by atoms with E-state index in [-0.39, 0.29) is 6.42 Å². The molecule has 0 bridgehead atoms. The van der Waals surface area contributed by atoms with Crippen molar-refractivity contribution in [2.45, 2.75) is 51.4 Å². The van der Waals surface area contributed by atoms with Crippen LogP contribution in [-0.2, 0) is 6.54 Å². The van der Waals surface area contributed by atoms with Crippen molar-refractivity contribution < 1.29 is 13.2 Å². The first-order chi connectivity index (χ1) is 8.48. The molecule has 0 radical (unpaired) electrons. The van der Waals surface area contributed by atoms with Crippen LogP contribution in [-0.4, -0.2) is 22.4 Å². The zero-order valence-electron chi connectivity index (χ0n) is 10.3. The van der Waals surface area contributed by atoms with Crippen LogP contribution in [0, 0.1) is 12.8 Å². The molecule has 0 aliphatic heterocycles. The lowest BCUT2D eigenvalue weighted by atomic mass is 9.84. The van der Waals surface area contributed by atoms with Gasteiger partial charge in [0.25, 0.3) is 0 Å². The van der Waals surface area contributed by atoms with Crippen LogP contribution in [0.25, 0.3) is 0 Å². The topological polar surface area (TPSA) is 40.7 Å². The van der Waals surface area contributed by atoms with Gasteiger partial charge in [-0.05, 0) is 19.8 Å². The number of nitrogens with one attached hydrogen (secondary N) is 2. The quantitative estimate of drug-likeness (QED) is 0.878. The van der Waals surface area contributed by atoms with Gasteiger partial charge in [-0.3, -0.25) is 5.10 Å². The number of rotatable bonds is 3.